The SMILES string of the molecule is Cc1cc([C@@H](NC(=O)c2cc(Cn3ccn(C)c3=N)cc(-c3cccnc3C(F)(F)F)c2)C2CC2)ccc1F. The van der Waals surface area contributed by atoms with Gasteiger partial charge in [0.15, 0.2) is 5.69 Å². The molecule has 0 unspecified atom stereocenters. The number of pyridine rings is 1. The van der Waals surface area contributed by atoms with Crippen molar-refractivity contribution in [3.8, 4) is 11.1 Å². The summed E-state index contributed by atoms with van der Waals surface area (Å²) >= 11 is 0. The molecule has 2 N–H and O–H groups in total. The molecule has 0 aliphatic heterocycles. The van der Waals surface area contributed by atoms with Gasteiger partial charge in [0.1, 0.15) is 5.82 Å². The maximum absolute atomic E-state index is 13.9. The fraction of sp³-hybridized carbons (Fsp3) is 0.276. The van der Waals surface area contributed by atoms with Crippen LogP contribution in [-0.4, -0.2) is 20.0 Å². The number of imidazole rings is 1. The van der Waals surface area contributed by atoms with Gasteiger partial charge in [-0.3, -0.25) is 15.2 Å². The van der Waals surface area contributed by atoms with Gasteiger partial charge in [0, 0.05) is 36.8 Å². The van der Waals surface area contributed by atoms with Gasteiger partial charge in [0.25, 0.3) is 5.91 Å². The average Bonchev–Trinajstić information content (AvgIpc) is 3.70. The summed E-state index contributed by atoms with van der Waals surface area (Å²) in [4.78, 5) is 17.2. The van der Waals surface area contributed by atoms with Crippen LogP contribution in [0.2, 0.25) is 0 Å². The molecule has 4 aromatic rings. The molecule has 1 atom stereocenters. The number of hydrogen-bond donors (Lipinski definition) is 2. The van der Waals surface area contributed by atoms with Crippen LogP contribution in [0.25, 0.3) is 11.1 Å². The predicted molar refractivity (Wildman–Crippen MR) is 137 cm³/mol. The van der Waals surface area contributed by atoms with E-state index in [9.17, 15) is 22.4 Å². The maximum atomic E-state index is 13.9. The number of alkyl halides is 3. The summed E-state index contributed by atoms with van der Waals surface area (Å²) in [5.41, 5.74) is 1.21. The van der Waals surface area contributed by atoms with E-state index in [0.717, 1.165) is 24.6 Å². The molecule has 1 aliphatic carbocycles. The number of aromatic nitrogens is 3. The van der Waals surface area contributed by atoms with E-state index in [0.29, 0.717) is 11.1 Å². The monoisotopic (exact) mass is 537 g/mol. The molecular weight excluding hydrogens is 510 g/mol. The quantitative estimate of drug-likeness (QED) is 0.294. The zero-order valence-corrected chi connectivity index (χ0v) is 21.4. The van der Waals surface area contributed by atoms with Gasteiger partial charge in [0.2, 0.25) is 5.62 Å². The van der Waals surface area contributed by atoms with E-state index in [1.807, 2.05) is 0 Å². The Morgan fingerprint density at radius 3 is 2.56 bits per heavy atom. The third kappa shape index (κ3) is 5.64. The van der Waals surface area contributed by atoms with E-state index < -0.39 is 17.8 Å². The molecule has 0 bridgehead atoms. The minimum atomic E-state index is -4.69. The van der Waals surface area contributed by atoms with Gasteiger partial charge in [-0.2, -0.15) is 13.2 Å². The smallest absolute Gasteiger partial charge is 0.345 e. The fourth-order valence-electron chi connectivity index (χ4n) is 4.77. The first-order chi connectivity index (χ1) is 18.5. The highest BCUT2D eigenvalue weighted by atomic mass is 19.4. The molecule has 1 aliphatic rings. The fourth-order valence-corrected chi connectivity index (χ4v) is 4.77. The van der Waals surface area contributed by atoms with E-state index in [2.05, 4.69) is 10.3 Å². The predicted octanol–water partition coefficient (Wildman–Crippen LogP) is 5.76. The number of benzene rings is 2. The maximum Gasteiger partial charge on any atom is 0.433 e. The summed E-state index contributed by atoms with van der Waals surface area (Å²) in [5.74, 6) is -0.581. The number of rotatable bonds is 7. The highest BCUT2D eigenvalue weighted by Gasteiger charge is 2.36. The highest BCUT2D eigenvalue weighted by Crippen LogP contribution is 2.42. The lowest BCUT2D eigenvalue weighted by Gasteiger charge is -2.20. The van der Waals surface area contributed by atoms with Crippen molar-refractivity contribution in [2.45, 2.75) is 38.5 Å². The Morgan fingerprint density at radius 1 is 1.15 bits per heavy atom. The van der Waals surface area contributed by atoms with Crippen molar-refractivity contribution < 1.29 is 22.4 Å². The molecule has 39 heavy (non-hydrogen) atoms. The first-order valence-corrected chi connectivity index (χ1v) is 12.5. The largest absolute Gasteiger partial charge is 0.433 e. The zero-order chi connectivity index (χ0) is 27.9. The number of carbonyl (C=O) groups is 1. The molecular formula is C29H27F4N5O. The molecule has 10 heteroatoms. The van der Waals surface area contributed by atoms with Crippen LogP contribution in [-0.2, 0) is 19.8 Å². The van der Waals surface area contributed by atoms with Crippen LogP contribution in [0.4, 0.5) is 17.6 Å². The molecule has 1 saturated carbocycles. The number of aryl methyl sites for hydroxylation is 2. The third-order valence-electron chi connectivity index (χ3n) is 6.99. The van der Waals surface area contributed by atoms with Gasteiger partial charge in [-0.25, -0.2) is 4.39 Å². The van der Waals surface area contributed by atoms with Crippen molar-refractivity contribution in [1.29, 1.82) is 5.41 Å². The van der Waals surface area contributed by atoms with Crippen molar-refractivity contribution in [2.24, 2.45) is 13.0 Å². The van der Waals surface area contributed by atoms with Crippen LogP contribution in [0.3, 0.4) is 0 Å². The van der Waals surface area contributed by atoms with Crippen LogP contribution in [0.1, 0.15) is 51.6 Å². The topological polar surface area (TPSA) is 75.7 Å². The van der Waals surface area contributed by atoms with Crippen LogP contribution < -0.4 is 10.9 Å². The van der Waals surface area contributed by atoms with E-state index in [4.69, 9.17) is 5.41 Å². The molecule has 1 fully saturated rings. The lowest BCUT2D eigenvalue weighted by molar-refractivity contribution is -0.140. The van der Waals surface area contributed by atoms with Gasteiger partial charge in [0.05, 0.1) is 12.6 Å². The number of amides is 1. The third-order valence-corrected chi connectivity index (χ3v) is 6.99. The first-order valence-electron chi connectivity index (χ1n) is 12.5. The molecule has 2 aromatic carbocycles. The molecule has 5 rings (SSSR count). The van der Waals surface area contributed by atoms with E-state index in [1.54, 1.807) is 59.8 Å². The number of nitrogens with zero attached hydrogens (tertiary/aromatic N) is 3. The summed E-state index contributed by atoms with van der Waals surface area (Å²) in [5, 5.41) is 11.3. The van der Waals surface area contributed by atoms with Gasteiger partial charge in [-0.15, -0.1) is 0 Å². The van der Waals surface area contributed by atoms with E-state index >= 15 is 0 Å². The van der Waals surface area contributed by atoms with Gasteiger partial charge in [-0.05, 0) is 78.3 Å². The Kier molecular flexibility index (Phi) is 6.88. The molecule has 0 radical (unpaired) electrons. The Bertz CT molecular complexity index is 1600. The molecule has 202 valence electrons. The van der Waals surface area contributed by atoms with Gasteiger partial charge in [-0.1, -0.05) is 18.2 Å². The van der Waals surface area contributed by atoms with Crippen molar-refractivity contribution in [3.05, 3.63) is 107 Å². The molecule has 0 saturated heterocycles. The summed E-state index contributed by atoms with van der Waals surface area (Å²) in [7, 11) is 1.72. The van der Waals surface area contributed by atoms with E-state index in [-0.39, 0.29) is 46.6 Å². The number of nitrogens with one attached hydrogen (secondary N) is 2. The second kappa shape index (κ2) is 10.2. The average molecular weight is 538 g/mol. The summed E-state index contributed by atoms with van der Waals surface area (Å²) in [6.07, 6.45) is 1.62. The van der Waals surface area contributed by atoms with Gasteiger partial charge >= 0.3 is 6.18 Å². The summed E-state index contributed by atoms with van der Waals surface area (Å²) in [6, 6.07) is 11.8. The van der Waals surface area contributed by atoms with Crippen molar-refractivity contribution in [2.75, 3.05) is 0 Å². The molecule has 2 aromatic heterocycles. The Morgan fingerprint density at radius 2 is 1.92 bits per heavy atom. The number of hydrogen-bond acceptors (Lipinski definition) is 3. The first kappa shape index (κ1) is 26.4. The summed E-state index contributed by atoms with van der Waals surface area (Å²) < 4.78 is 58.6. The minimum absolute atomic E-state index is 0.141. The summed E-state index contributed by atoms with van der Waals surface area (Å²) in [6.45, 7) is 1.84. The van der Waals surface area contributed by atoms with Crippen LogP contribution in [0.5, 0.6) is 0 Å². The molecule has 6 nitrogen and oxygen atoms in total. The van der Waals surface area contributed by atoms with Crippen molar-refractivity contribution >= 4 is 5.91 Å². The Labute approximate surface area is 222 Å². The number of carbonyl (C=O) groups excluding carboxylic acids is 1. The van der Waals surface area contributed by atoms with Crippen LogP contribution >= 0.6 is 0 Å². The van der Waals surface area contributed by atoms with Crippen LogP contribution in [0, 0.1) is 24.1 Å². The molecule has 0 spiro atoms. The second-order valence-corrected chi connectivity index (χ2v) is 9.97. The standard InChI is InChI=1S/C29H27F4N5O/c1-17-12-20(7-8-24(17)30)25(19-5-6-19)36-27(39)22-14-18(16-38-11-10-37(2)28(38)34)13-21(15-22)23-4-3-9-35-26(23)29(31,32)33/h3-4,7-15,19,25,34H,5-6,16H2,1-2H3,(H,36,39)/t25-/m0/s1. The lowest BCUT2D eigenvalue weighted by atomic mass is 9.96. The minimum Gasteiger partial charge on any atom is -0.345 e. The molecule has 2 heterocycles. The van der Waals surface area contributed by atoms with Crippen LogP contribution in [0.15, 0.2) is 67.1 Å². The normalized spacial score (nSPS) is 14.3. The molecule has 1 amide bonds. The zero-order valence-electron chi connectivity index (χ0n) is 21.4. The van der Waals surface area contributed by atoms with Crippen molar-refractivity contribution in [3.63, 3.8) is 0 Å². The lowest BCUT2D eigenvalue weighted by Crippen LogP contribution is -2.30. The van der Waals surface area contributed by atoms with Gasteiger partial charge < -0.3 is 14.5 Å². The van der Waals surface area contributed by atoms with Crippen molar-refractivity contribution in [1.82, 2.24) is 19.4 Å². The number of halogens is 4. The second-order valence-electron chi connectivity index (χ2n) is 9.97. The highest BCUT2D eigenvalue weighted by molar-refractivity contribution is 5.96. The Hall–Kier alpha value is -4.21. The Balaban J connectivity index is 1.56. The van der Waals surface area contributed by atoms with E-state index in [1.165, 1.54) is 24.3 Å².